The van der Waals surface area contributed by atoms with Crippen LogP contribution in [0.1, 0.15) is 5.56 Å². The minimum Gasteiger partial charge on any atom is -0.490 e. The molecule has 20 heavy (non-hydrogen) atoms. The van der Waals surface area contributed by atoms with Crippen LogP contribution in [-0.2, 0) is 6.54 Å². The third-order valence-electron chi connectivity index (χ3n) is 3.67. The first kappa shape index (κ1) is 15.6. The van der Waals surface area contributed by atoms with Gasteiger partial charge in [-0.15, -0.1) is 0 Å². The summed E-state index contributed by atoms with van der Waals surface area (Å²) in [5, 5.41) is 3.83. The van der Waals surface area contributed by atoms with Gasteiger partial charge in [-0.05, 0) is 20.2 Å². The molecule has 1 aromatic rings. The van der Waals surface area contributed by atoms with Crippen molar-refractivity contribution in [2.45, 2.75) is 6.54 Å². The van der Waals surface area contributed by atoms with Crippen LogP contribution in [0.25, 0.3) is 0 Å². The van der Waals surface area contributed by atoms with E-state index in [-0.39, 0.29) is 0 Å². The number of halogens is 1. The SMILES string of the molecule is CNCc1cccc(Cl)c1OCCN1CCN(C)CC1. The molecule has 2 rings (SSSR count). The molecule has 1 saturated heterocycles. The fraction of sp³-hybridized carbons (Fsp3) is 0.600. The van der Waals surface area contributed by atoms with E-state index in [1.165, 1.54) is 0 Å². The highest BCUT2D eigenvalue weighted by Crippen LogP contribution is 2.28. The minimum absolute atomic E-state index is 0.685. The Balaban J connectivity index is 1.84. The van der Waals surface area contributed by atoms with E-state index in [1.807, 2.05) is 25.2 Å². The summed E-state index contributed by atoms with van der Waals surface area (Å²) in [5.41, 5.74) is 1.11. The number of rotatable bonds is 6. The first-order chi connectivity index (χ1) is 9.70. The molecule has 0 radical (unpaired) electrons. The van der Waals surface area contributed by atoms with Crippen LogP contribution in [0.3, 0.4) is 0 Å². The molecule has 0 aromatic heterocycles. The normalized spacial score (nSPS) is 17.4. The predicted octanol–water partition coefficient (Wildman–Crippen LogP) is 1.69. The Morgan fingerprint density at radius 3 is 2.70 bits per heavy atom. The summed E-state index contributed by atoms with van der Waals surface area (Å²) in [4.78, 5) is 4.80. The fourth-order valence-electron chi connectivity index (χ4n) is 2.39. The standard InChI is InChI=1S/C15H24ClN3O/c1-17-12-13-4-3-5-14(16)15(13)20-11-10-19-8-6-18(2)7-9-19/h3-5,17H,6-12H2,1-2H3. The van der Waals surface area contributed by atoms with Crippen LogP contribution in [0.15, 0.2) is 18.2 Å². The molecule has 0 amide bonds. The maximum atomic E-state index is 6.23. The molecule has 0 atom stereocenters. The maximum Gasteiger partial charge on any atom is 0.142 e. The summed E-state index contributed by atoms with van der Waals surface area (Å²) in [5.74, 6) is 0.817. The molecule has 4 nitrogen and oxygen atoms in total. The van der Waals surface area contributed by atoms with Crippen LogP contribution in [0.5, 0.6) is 5.75 Å². The van der Waals surface area contributed by atoms with Crippen molar-refractivity contribution in [2.75, 3.05) is 53.4 Å². The first-order valence-corrected chi connectivity index (χ1v) is 7.54. The van der Waals surface area contributed by atoms with E-state index in [9.17, 15) is 0 Å². The molecular formula is C15H24ClN3O. The predicted molar refractivity (Wildman–Crippen MR) is 83.6 cm³/mol. The molecule has 0 bridgehead atoms. The molecular weight excluding hydrogens is 274 g/mol. The zero-order chi connectivity index (χ0) is 14.4. The maximum absolute atomic E-state index is 6.23. The van der Waals surface area contributed by atoms with Gasteiger partial charge in [-0.3, -0.25) is 4.90 Å². The average molecular weight is 298 g/mol. The molecule has 1 aliphatic rings. The van der Waals surface area contributed by atoms with Crippen molar-refractivity contribution in [2.24, 2.45) is 0 Å². The lowest BCUT2D eigenvalue weighted by Gasteiger charge is -2.32. The lowest BCUT2D eigenvalue weighted by Crippen LogP contribution is -2.45. The average Bonchev–Trinajstić information content (AvgIpc) is 2.44. The number of hydrogen-bond acceptors (Lipinski definition) is 4. The number of nitrogens with zero attached hydrogens (tertiary/aromatic N) is 2. The smallest absolute Gasteiger partial charge is 0.142 e. The second-order valence-corrected chi connectivity index (χ2v) is 5.66. The molecule has 112 valence electrons. The van der Waals surface area contributed by atoms with Crippen LogP contribution < -0.4 is 10.1 Å². The Kier molecular flexibility index (Phi) is 6.10. The summed E-state index contributed by atoms with van der Waals surface area (Å²) in [6, 6.07) is 5.89. The Morgan fingerprint density at radius 1 is 1.25 bits per heavy atom. The number of nitrogens with one attached hydrogen (secondary N) is 1. The summed E-state index contributed by atoms with van der Waals surface area (Å²) in [6.45, 7) is 6.92. The van der Waals surface area contributed by atoms with E-state index in [0.717, 1.165) is 50.6 Å². The highest BCUT2D eigenvalue weighted by molar-refractivity contribution is 6.32. The Morgan fingerprint density at radius 2 is 2.00 bits per heavy atom. The van der Waals surface area contributed by atoms with E-state index in [0.29, 0.717) is 11.6 Å². The number of hydrogen-bond donors (Lipinski definition) is 1. The number of benzene rings is 1. The summed E-state index contributed by atoms with van der Waals surface area (Å²) in [6.07, 6.45) is 0. The van der Waals surface area contributed by atoms with Gasteiger partial charge in [0.25, 0.3) is 0 Å². The molecule has 0 spiro atoms. The Hall–Kier alpha value is -0.810. The van der Waals surface area contributed by atoms with Crippen molar-refractivity contribution in [3.8, 4) is 5.75 Å². The second kappa shape index (κ2) is 7.84. The van der Waals surface area contributed by atoms with E-state index < -0.39 is 0 Å². The minimum atomic E-state index is 0.685. The number of ether oxygens (including phenoxy) is 1. The van der Waals surface area contributed by atoms with Crippen molar-refractivity contribution in [1.29, 1.82) is 0 Å². The zero-order valence-electron chi connectivity index (χ0n) is 12.4. The van der Waals surface area contributed by atoms with Crippen molar-refractivity contribution in [1.82, 2.24) is 15.1 Å². The molecule has 1 aliphatic heterocycles. The Bertz CT molecular complexity index is 420. The van der Waals surface area contributed by atoms with Gasteiger partial charge < -0.3 is 15.0 Å². The number of para-hydroxylation sites is 1. The third kappa shape index (κ3) is 4.35. The van der Waals surface area contributed by atoms with Gasteiger partial charge in [-0.25, -0.2) is 0 Å². The molecule has 1 N–H and O–H groups in total. The van der Waals surface area contributed by atoms with Crippen molar-refractivity contribution >= 4 is 11.6 Å². The largest absolute Gasteiger partial charge is 0.490 e. The monoisotopic (exact) mass is 297 g/mol. The summed E-state index contributed by atoms with van der Waals surface area (Å²) in [7, 11) is 4.09. The topological polar surface area (TPSA) is 27.7 Å². The van der Waals surface area contributed by atoms with Crippen LogP contribution in [0.2, 0.25) is 5.02 Å². The number of likely N-dealkylation sites (N-methyl/N-ethyl adjacent to an activating group) is 1. The van der Waals surface area contributed by atoms with Gasteiger partial charge in [0.05, 0.1) is 5.02 Å². The fourth-order valence-corrected chi connectivity index (χ4v) is 2.64. The van der Waals surface area contributed by atoms with Crippen molar-refractivity contribution in [3.63, 3.8) is 0 Å². The molecule has 1 fully saturated rings. The van der Waals surface area contributed by atoms with Crippen molar-refractivity contribution in [3.05, 3.63) is 28.8 Å². The van der Waals surface area contributed by atoms with Gasteiger partial charge in [0.15, 0.2) is 0 Å². The molecule has 1 aromatic carbocycles. The molecule has 1 heterocycles. The molecule has 0 unspecified atom stereocenters. The quantitative estimate of drug-likeness (QED) is 0.865. The van der Waals surface area contributed by atoms with Gasteiger partial charge in [-0.1, -0.05) is 23.7 Å². The van der Waals surface area contributed by atoms with Gasteiger partial charge in [-0.2, -0.15) is 0 Å². The summed E-state index contributed by atoms with van der Waals surface area (Å²) < 4.78 is 5.92. The summed E-state index contributed by atoms with van der Waals surface area (Å²) >= 11 is 6.23. The van der Waals surface area contributed by atoms with E-state index >= 15 is 0 Å². The lowest BCUT2D eigenvalue weighted by molar-refractivity contribution is 0.133. The van der Waals surface area contributed by atoms with Crippen molar-refractivity contribution < 1.29 is 4.74 Å². The van der Waals surface area contributed by atoms with Gasteiger partial charge >= 0.3 is 0 Å². The molecule has 0 aliphatic carbocycles. The van der Waals surface area contributed by atoms with E-state index in [4.69, 9.17) is 16.3 Å². The van der Waals surface area contributed by atoms with E-state index in [1.54, 1.807) is 0 Å². The number of piperazine rings is 1. The second-order valence-electron chi connectivity index (χ2n) is 5.25. The van der Waals surface area contributed by atoms with Crippen LogP contribution in [0, 0.1) is 0 Å². The molecule has 5 heteroatoms. The van der Waals surface area contributed by atoms with Gasteiger partial charge in [0, 0.05) is 44.8 Å². The third-order valence-corrected chi connectivity index (χ3v) is 3.96. The zero-order valence-corrected chi connectivity index (χ0v) is 13.1. The Labute approximate surface area is 126 Å². The van der Waals surface area contributed by atoms with Gasteiger partial charge in [0.1, 0.15) is 12.4 Å². The highest BCUT2D eigenvalue weighted by Gasteiger charge is 2.14. The van der Waals surface area contributed by atoms with Crippen LogP contribution in [0.4, 0.5) is 0 Å². The van der Waals surface area contributed by atoms with Crippen LogP contribution in [-0.4, -0.2) is 63.2 Å². The lowest BCUT2D eigenvalue weighted by atomic mass is 10.2. The molecule has 0 saturated carbocycles. The van der Waals surface area contributed by atoms with Crippen LogP contribution >= 0.6 is 11.6 Å². The van der Waals surface area contributed by atoms with E-state index in [2.05, 4.69) is 22.2 Å². The highest BCUT2D eigenvalue weighted by atomic mass is 35.5. The first-order valence-electron chi connectivity index (χ1n) is 7.16. The van der Waals surface area contributed by atoms with Gasteiger partial charge in [0.2, 0.25) is 0 Å².